The highest BCUT2D eigenvalue weighted by atomic mass is 79.9. The van der Waals surface area contributed by atoms with Gasteiger partial charge in [0, 0.05) is 27.1 Å². The molecule has 2 aromatic rings. The van der Waals surface area contributed by atoms with Crippen LogP contribution in [-0.2, 0) is 0 Å². The van der Waals surface area contributed by atoms with E-state index in [2.05, 4.69) is 27.5 Å². The van der Waals surface area contributed by atoms with E-state index in [4.69, 9.17) is 11.6 Å². The third-order valence-electron chi connectivity index (χ3n) is 2.03. The number of hydrogen-bond acceptors (Lipinski definition) is 1. The van der Waals surface area contributed by atoms with Crippen LogP contribution in [0.1, 0.15) is 5.56 Å². The molecule has 14 heavy (non-hydrogen) atoms. The third-order valence-corrected chi connectivity index (χ3v) is 3.23. The highest BCUT2D eigenvalue weighted by molar-refractivity contribution is 9.10. The third kappa shape index (κ3) is 1.42. The summed E-state index contributed by atoms with van der Waals surface area (Å²) in [5, 5.41) is 10.8. The van der Waals surface area contributed by atoms with E-state index >= 15 is 0 Å². The summed E-state index contributed by atoms with van der Waals surface area (Å²) in [6.07, 6.45) is 1.70. The Morgan fingerprint density at radius 2 is 2.21 bits per heavy atom. The van der Waals surface area contributed by atoms with E-state index in [1.165, 1.54) is 0 Å². The van der Waals surface area contributed by atoms with Gasteiger partial charge in [-0.15, -0.1) is 0 Å². The minimum atomic E-state index is 0.0467. The van der Waals surface area contributed by atoms with Crippen LogP contribution >= 0.6 is 27.5 Å². The van der Waals surface area contributed by atoms with Crippen LogP contribution in [0, 0.1) is 0 Å². The first-order valence-electron chi connectivity index (χ1n) is 3.94. The summed E-state index contributed by atoms with van der Waals surface area (Å²) in [6, 6.07) is 3.65. The lowest BCUT2D eigenvalue weighted by Gasteiger charge is -1.98. The molecule has 4 heteroatoms. The van der Waals surface area contributed by atoms with E-state index < -0.39 is 0 Å². The van der Waals surface area contributed by atoms with E-state index in [1.54, 1.807) is 12.3 Å². The molecular weight excluding hydrogens is 265 g/mol. The summed E-state index contributed by atoms with van der Waals surface area (Å²) in [6.45, 7) is 3.49. The van der Waals surface area contributed by atoms with Gasteiger partial charge in [0.2, 0.25) is 0 Å². The zero-order valence-electron chi connectivity index (χ0n) is 7.14. The average molecular weight is 273 g/mol. The molecule has 0 radical (unpaired) electrons. The molecule has 2 nitrogen and oxygen atoms in total. The molecule has 2 rings (SSSR count). The predicted octanol–water partition coefficient (Wildman–Crippen LogP) is 4.11. The zero-order chi connectivity index (χ0) is 10.3. The van der Waals surface area contributed by atoms with Crippen molar-refractivity contribution in [3.63, 3.8) is 0 Å². The maximum Gasteiger partial charge on any atom is 0.117 e. The molecule has 0 aliphatic carbocycles. The van der Waals surface area contributed by atoms with E-state index in [-0.39, 0.29) is 5.76 Å². The SMILES string of the molecule is C=C(O)c1c[nH]c2cc(Cl)c(Br)cc12. The smallest absolute Gasteiger partial charge is 0.117 e. The molecule has 0 bridgehead atoms. The van der Waals surface area contributed by atoms with Crippen LogP contribution in [0.5, 0.6) is 0 Å². The van der Waals surface area contributed by atoms with Crippen LogP contribution in [0.15, 0.2) is 29.4 Å². The van der Waals surface area contributed by atoms with Crippen molar-refractivity contribution in [2.45, 2.75) is 0 Å². The van der Waals surface area contributed by atoms with Crippen molar-refractivity contribution < 1.29 is 5.11 Å². The Labute approximate surface area is 94.3 Å². The number of aromatic amines is 1. The fraction of sp³-hybridized carbons (Fsp3) is 0. The van der Waals surface area contributed by atoms with Crippen molar-refractivity contribution in [2.75, 3.05) is 0 Å². The lowest BCUT2D eigenvalue weighted by molar-refractivity contribution is 0.514. The maximum atomic E-state index is 9.31. The van der Waals surface area contributed by atoms with Gasteiger partial charge < -0.3 is 10.1 Å². The second-order valence-electron chi connectivity index (χ2n) is 2.96. The Bertz CT molecular complexity index is 518. The van der Waals surface area contributed by atoms with Gasteiger partial charge in [-0.3, -0.25) is 0 Å². The van der Waals surface area contributed by atoms with Gasteiger partial charge in [-0.25, -0.2) is 0 Å². The Morgan fingerprint density at radius 1 is 1.50 bits per heavy atom. The molecule has 0 aliphatic rings. The fourth-order valence-electron chi connectivity index (χ4n) is 1.36. The largest absolute Gasteiger partial charge is 0.508 e. The van der Waals surface area contributed by atoms with Crippen molar-refractivity contribution in [3.05, 3.63) is 40.0 Å². The predicted molar refractivity (Wildman–Crippen MR) is 62.7 cm³/mol. The molecule has 0 aliphatic heterocycles. The summed E-state index contributed by atoms with van der Waals surface area (Å²) < 4.78 is 0.800. The van der Waals surface area contributed by atoms with Crippen molar-refractivity contribution in [1.82, 2.24) is 4.98 Å². The number of hydrogen-bond donors (Lipinski definition) is 2. The molecule has 0 spiro atoms. The van der Waals surface area contributed by atoms with Crippen LogP contribution in [0.2, 0.25) is 5.02 Å². The minimum absolute atomic E-state index is 0.0467. The highest BCUT2D eigenvalue weighted by Gasteiger charge is 2.08. The van der Waals surface area contributed by atoms with Crippen LogP contribution in [-0.4, -0.2) is 10.1 Å². The van der Waals surface area contributed by atoms with Crippen LogP contribution in [0.4, 0.5) is 0 Å². The monoisotopic (exact) mass is 271 g/mol. The number of aliphatic hydroxyl groups excluding tert-OH is 1. The molecule has 1 aromatic heterocycles. The molecule has 0 amide bonds. The van der Waals surface area contributed by atoms with Gasteiger partial charge in [0.1, 0.15) is 5.76 Å². The first-order valence-corrected chi connectivity index (χ1v) is 5.11. The van der Waals surface area contributed by atoms with Crippen LogP contribution in [0.3, 0.4) is 0 Å². The number of aliphatic hydroxyl groups is 1. The molecule has 1 heterocycles. The van der Waals surface area contributed by atoms with Crippen LogP contribution in [0.25, 0.3) is 16.7 Å². The molecule has 0 saturated carbocycles. The number of nitrogens with one attached hydrogen (secondary N) is 1. The van der Waals surface area contributed by atoms with Crippen LogP contribution < -0.4 is 0 Å². The van der Waals surface area contributed by atoms with Crippen molar-refractivity contribution in [1.29, 1.82) is 0 Å². The molecular formula is C10H7BrClNO. The molecule has 1 aromatic carbocycles. The zero-order valence-corrected chi connectivity index (χ0v) is 9.48. The number of benzene rings is 1. The number of H-pyrrole nitrogens is 1. The Kier molecular flexibility index (Phi) is 2.29. The quantitative estimate of drug-likeness (QED) is 0.753. The van der Waals surface area contributed by atoms with E-state index in [0.29, 0.717) is 10.6 Å². The minimum Gasteiger partial charge on any atom is -0.508 e. The second-order valence-corrected chi connectivity index (χ2v) is 4.22. The summed E-state index contributed by atoms with van der Waals surface area (Å²) in [5.41, 5.74) is 1.57. The summed E-state index contributed by atoms with van der Waals surface area (Å²) in [5.74, 6) is 0.0467. The number of aromatic nitrogens is 1. The number of halogens is 2. The van der Waals surface area contributed by atoms with Gasteiger partial charge in [-0.1, -0.05) is 18.2 Å². The molecule has 0 atom stereocenters. The van der Waals surface area contributed by atoms with Crippen molar-refractivity contribution in [3.8, 4) is 0 Å². The Morgan fingerprint density at radius 3 is 2.86 bits per heavy atom. The first kappa shape index (κ1) is 9.62. The van der Waals surface area contributed by atoms with E-state index in [0.717, 1.165) is 15.4 Å². The highest BCUT2D eigenvalue weighted by Crippen LogP contribution is 2.31. The number of fused-ring (bicyclic) bond motifs is 1. The van der Waals surface area contributed by atoms with Gasteiger partial charge in [-0.05, 0) is 28.1 Å². The lowest BCUT2D eigenvalue weighted by atomic mass is 10.1. The maximum absolute atomic E-state index is 9.31. The summed E-state index contributed by atoms with van der Waals surface area (Å²) >= 11 is 9.25. The Balaban J connectivity index is 2.80. The molecule has 0 unspecified atom stereocenters. The van der Waals surface area contributed by atoms with Gasteiger partial charge >= 0.3 is 0 Å². The fourth-order valence-corrected chi connectivity index (χ4v) is 1.86. The first-order chi connectivity index (χ1) is 6.59. The number of rotatable bonds is 1. The molecule has 72 valence electrons. The van der Waals surface area contributed by atoms with E-state index in [9.17, 15) is 5.11 Å². The molecule has 0 saturated heterocycles. The van der Waals surface area contributed by atoms with Gasteiger partial charge in [0.25, 0.3) is 0 Å². The van der Waals surface area contributed by atoms with E-state index in [1.807, 2.05) is 6.07 Å². The normalized spacial score (nSPS) is 10.7. The van der Waals surface area contributed by atoms with Gasteiger partial charge in [0.05, 0.1) is 5.02 Å². The topological polar surface area (TPSA) is 36.0 Å². The standard InChI is InChI=1S/C10H7BrClNO/c1-5(14)7-4-13-10-3-9(12)8(11)2-6(7)10/h2-4,13-14H,1H2. The van der Waals surface area contributed by atoms with Gasteiger partial charge in [0.15, 0.2) is 0 Å². The van der Waals surface area contributed by atoms with Crippen molar-refractivity contribution in [2.24, 2.45) is 0 Å². The Hall–Kier alpha value is -0.930. The molecule has 0 fully saturated rings. The average Bonchev–Trinajstić information content (AvgIpc) is 2.48. The summed E-state index contributed by atoms with van der Waals surface area (Å²) in [7, 11) is 0. The lowest BCUT2D eigenvalue weighted by Crippen LogP contribution is -1.77. The van der Waals surface area contributed by atoms with Crippen molar-refractivity contribution >= 4 is 44.2 Å². The second kappa shape index (κ2) is 3.33. The van der Waals surface area contributed by atoms with Gasteiger partial charge in [-0.2, -0.15) is 0 Å². The molecule has 2 N–H and O–H groups in total. The summed E-state index contributed by atoms with van der Waals surface area (Å²) in [4.78, 5) is 3.01.